The van der Waals surface area contributed by atoms with E-state index in [1.807, 2.05) is 0 Å². The Morgan fingerprint density at radius 1 is 1.35 bits per heavy atom. The summed E-state index contributed by atoms with van der Waals surface area (Å²) in [6.07, 6.45) is 3.61. The van der Waals surface area contributed by atoms with Gasteiger partial charge in [-0.1, -0.05) is 13.3 Å². The van der Waals surface area contributed by atoms with E-state index in [-0.39, 0.29) is 11.5 Å². The molecule has 2 rings (SSSR count). The van der Waals surface area contributed by atoms with Gasteiger partial charge in [0.2, 0.25) is 5.91 Å². The molecule has 0 spiro atoms. The van der Waals surface area contributed by atoms with Crippen LogP contribution >= 0.6 is 0 Å². The summed E-state index contributed by atoms with van der Waals surface area (Å²) in [5, 5.41) is 15.0. The molecule has 1 fully saturated rings. The van der Waals surface area contributed by atoms with E-state index in [2.05, 4.69) is 17.6 Å². The van der Waals surface area contributed by atoms with E-state index in [0.717, 1.165) is 32.2 Å². The molecule has 0 bridgehead atoms. The van der Waals surface area contributed by atoms with E-state index >= 15 is 0 Å². The first-order valence-corrected chi connectivity index (χ1v) is 6.97. The molecule has 1 aromatic rings. The molecule has 1 unspecified atom stereocenters. The summed E-state index contributed by atoms with van der Waals surface area (Å²) < 4.78 is 0. The van der Waals surface area contributed by atoms with Crippen molar-refractivity contribution in [3.05, 3.63) is 29.8 Å². The molecule has 1 saturated heterocycles. The van der Waals surface area contributed by atoms with E-state index in [1.165, 1.54) is 12.1 Å². The summed E-state index contributed by atoms with van der Waals surface area (Å²) in [4.78, 5) is 23.2. The minimum atomic E-state index is -0.970. The molecule has 3 N–H and O–H groups in total. The zero-order chi connectivity index (χ0) is 14.6. The van der Waals surface area contributed by atoms with E-state index in [1.54, 1.807) is 12.1 Å². The van der Waals surface area contributed by atoms with Crippen LogP contribution in [0.25, 0.3) is 0 Å². The maximum atomic E-state index is 12.5. The monoisotopic (exact) mass is 276 g/mol. The van der Waals surface area contributed by atoms with Gasteiger partial charge in [-0.25, -0.2) is 4.79 Å². The van der Waals surface area contributed by atoms with Crippen molar-refractivity contribution in [3.63, 3.8) is 0 Å². The first-order valence-electron chi connectivity index (χ1n) is 6.97. The van der Waals surface area contributed by atoms with Crippen molar-refractivity contribution in [3.8, 4) is 0 Å². The Labute approximate surface area is 118 Å². The zero-order valence-corrected chi connectivity index (χ0v) is 11.6. The van der Waals surface area contributed by atoms with Gasteiger partial charge in [-0.05, 0) is 50.1 Å². The fourth-order valence-electron chi connectivity index (χ4n) is 2.70. The normalized spacial score (nSPS) is 21.6. The molecule has 1 aliphatic heterocycles. The van der Waals surface area contributed by atoms with E-state index in [4.69, 9.17) is 5.11 Å². The average molecular weight is 276 g/mol. The Morgan fingerprint density at radius 2 is 2.05 bits per heavy atom. The van der Waals surface area contributed by atoms with Crippen LogP contribution in [0.15, 0.2) is 24.3 Å². The fourth-order valence-corrected chi connectivity index (χ4v) is 2.70. The summed E-state index contributed by atoms with van der Waals surface area (Å²) in [6, 6.07) is 6.23. The highest BCUT2D eigenvalue weighted by molar-refractivity contribution is 5.98. The zero-order valence-electron chi connectivity index (χ0n) is 11.6. The van der Waals surface area contributed by atoms with Gasteiger partial charge in [0.1, 0.15) is 0 Å². The SMILES string of the molecule is CCCC1(C(=O)Nc2ccc(C(=O)O)cc2)CCCN1. The Morgan fingerprint density at radius 3 is 2.55 bits per heavy atom. The molecule has 5 heteroatoms. The van der Waals surface area contributed by atoms with Gasteiger partial charge in [-0.3, -0.25) is 4.79 Å². The van der Waals surface area contributed by atoms with Crippen LogP contribution in [0.5, 0.6) is 0 Å². The quantitative estimate of drug-likeness (QED) is 0.770. The Balaban J connectivity index is 2.08. The molecule has 20 heavy (non-hydrogen) atoms. The number of anilines is 1. The average Bonchev–Trinajstić information content (AvgIpc) is 2.89. The van der Waals surface area contributed by atoms with Gasteiger partial charge >= 0.3 is 5.97 Å². The number of aromatic carboxylic acids is 1. The molecule has 108 valence electrons. The Kier molecular flexibility index (Phi) is 4.39. The van der Waals surface area contributed by atoms with Crippen LogP contribution in [-0.4, -0.2) is 29.1 Å². The number of hydrogen-bond acceptors (Lipinski definition) is 3. The third kappa shape index (κ3) is 2.99. The molecule has 1 aromatic carbocycles. The van der Waals surface area contributed by atoms with Gasteiger partial charge in [0.15, 0.2) is 0 Å². The van der Waals surface area contributed by atoms with Gasteiger partial charge < -0.3 is 15.7 Å². The van der Waals surface area contributed by atoms with Gasteiger partial charge in [-0.2, -0.15) is 0 Å². The topological polar surface area (TPSA) is 78.4 Å². The van der Waals surface area contributed by atoms with Crippen molar-refractivity contribution in [2.45, 2.75) is 38.1 Å². The first kappa shape index (κ1) is 14.5. The smallest absolute Gasteiger partial charge is 0.335 e. The molecule has 0 aromatic heterocycles. The number of hydrogen-bond donors (Lipinski definition) is 3. The molecule has 0 saturated carbocycles. The molecule has 0 radical (unpaired) electrons. The lowest BCUT2D eigenvalue weighted by Crippen LogP contribution is -2.50. The summed E-state index contributed by atoms with van der Waals surface area (Å²) in [5.74, 6) is -0.997. The van der Waals surface area contributed by atoms with Crippen LogP contribution in [0, 0.1) is 0 Å². The number of rotatable bonds is 5. The van der Waals surface area contributed by atoms with E-state index in [0.29, 0.717) is 5.69 Å². The third-order valence-electron chi connectivity index (χ3n) is 3.74. The number of carboxylic acids is 1. The lowest BCUT2D eigenvalue weighted by Gasteiger charge is -2.27. The van der Waals surface area contributed by atoms with E-state index in [9.17, 15) is 9.59 Å². The van der Waals surface area contributed by atoms with Crippen LogP contribution < -0.4 is 10.6 Å². The number of carboxylic acid groups (broad SMARTS) is 1. The van der Waals surface area contributed by atoms with Crippen molar-refractivity contribution >= 4 is 17.6 Å². The Bertz CT molecular complexity index is 490. The molecule has 5 nitrogen and oxygen atoms in total. The van der Waals surface area contributed by atoms with E-state index < -0.39 is 11.5 Å². The second-order valence-corrected chi connectivity index (χ2v) is 5.20. The lowest BCUT2D eigenvalue weighted by molar-refractivity contribution is -0.122. The van der Waals surface area contributed by atoms with Gasteiger partial charge in [0.05, 0.1) is 11.1 Å². The van der Waals surface area contributed by atoms with Crippen molar-refractivity contribution in [1.82, 2.24) is 5.32 Å². The molecule has 1 amide bonds. The predicted octanol–water partition coefficient (Wildman–Crippen LogP) is 2.25. The minimum Gasteiger partial charge on any atom is -0.478 e. The standard InChI is InChI=1S/C15H20N2O3/c1-2-8-15(9-3-10-16-15)14(20)17-12-6-4-11(5-7-12)13(18)19/h4-7,16H,2-3,8-10H2,1H3,(H,17,20)(H,18,19). The van der Waals surface area contributed by atoms with Crippen LogP contribution in [0.2, 0.25) is 0 Å². The second kappa shape index (κ2) is 6.05. The molecular formula is C15H20N2O3. The first-order chi connectivity index (χ1) is 9.57. The molecule has 1 atom stereocenters. The van der Waals surface area contributed by atoms with Crippen molar-refractivity contribution < 1.29 is 14.7 Å². The maximum Gasteiger partial charge on any atom is 0.335 e. The van der Waals surface area contributed by atoms with Crippen LogP contribution in [0.1, 0.15) is 43.0 Å². The Hall–Kier alpha value is -1.88. The van der Waals surface area contributed by atoms with Gasteiger partial charge in [0.25, 0.3) is 0 Å². The number of amides is 1. The highest BCUT2D eigenvalue weighted by atomic mass is 16.4. The third-order valence-corrected chi connectivity index (χ3v) is 3.74. The molecule has 0 aliphatic carbocycles. The summed E-state index contributed by atoms with van der Waals surface area (Å²) >= 11 is 0. The fraction of sp³-hybridized carbons (Fsp3) is 0.467. The highest BCUT2D eigenvalue weighted by Crippen LogP contribution is 2.26. The minimum absolute atomic E-state index is 0.0278. The van der Waals surface area contributed by atoms with Crippen LogP contribution in [0.3, 0.4) is 0 Å². The largest absolute Gasteiger partial charge is 0.478 e. The number of carbonyl (C=O) groups is 2. The lowest BCUT2D eigenvalue weighted by atomic mass is 9.91. The summed E-state index contributed by atoms with van der Waals surface area (Å²) in [6.45, 7) is 2.93. The van der Waals surface area contributed by atoms with Gasteiger partial charge in [0, 0.05) is 5.69 Å². The summed E-state index contributed by atoms with van der Waals surface area (Å²) in [7, 11) is 0. The highest BCUT2D eigenvalue weighted by Gasteiger charge is 2.39. The number of carbonyl (C=O) groups excluding carboxylic acids is 1. The number of benzene rings is 1. The molecule has 1 heterocycles. The van der Waals surface area contributed by atoms with Crippen molar-refractivity contribution in [2.24, 2.45) is 0 Å². The predicted molar refractivity (Wildman–Crippen MR) is 76.9 cm³/mol. The van der Waals surface area contributed by atoms with Crippen LogP contribution in [-0.2, 0) is 4.79 Å². The van der Waals surface area contributed by atoms with Crippen molar-refractivity contribution in [1.29, 1.82) is 0 Å². The van der Waals surface area contributed by atoms with Gasteiger partial charge in [-0.15, -0.1) is 0 Å². The second-order valence-electron chi connectivity index (χ2n) is 5.20. The van der Waals surface area contributed by atoms with Crippen LogP contribution in [0.4, 0.5) is 5.69 Å². The molecule has 1 aliphatic rings. The molecular weight excluding hydrogens is 256 g/mol. The summed E-state index contributed by atoms with van der Waals surface area (Å²) in [5.41, 5.74) is 0.370. The maximum absolute atomic E-state index is 12.5. The van der Waals surface area contributed by atoms with Crippen molar-refractivity contribution in [2.75, 3.05) is 11.9 Å². The number of nitrogens with one attached hydrogen (secondary N) is 2.